The lowest BCUT2D eigenvalue weighted by atomic mass is 9.95. The molecule has 6 heteroatoms. The van der Waals surface area contributed by atoms with Crippen LogP contribution in [-0.4, -0.2) is 36.3 Å². The molecule has 0 spiro atoms. The summed E-state index contributed by atoms with van der Waals surface area (Å²) in [5.74, 6) is 0. The Labute approximate surface area is 84.6 Å². The summed E-state index contributed by atoms with van der Waals surface area (Å²) in [6, 6.07) is 0. The standard InChI is InChI=1S/C8H21N4O2/c1-8(4-6(9)10,5-7(11)12)14-3-2-13/h6-7,13H,1-5,9-12H2. The summed E-state index contributed by atoms with van der Waals surface area (Å²) in [5, 5.41) is 8.62. The number of aliphatic hydroxyl groups excluding tert-OH is 1. The van der Waals surface area contributed by atoms with Gasteiger partial charge in [0, 0.05) is 12.8 Å². The quantitative estimate of drug-likeness (QED) is 0.300. The van der Waals surface area contributed by atoms with Crippen LogP contribution in [0.2, 0.25) is 0 Å². The highest BCUT2D eigenvalue weighted by molar-refractivity contribution is 4.88. The largest absolute Gasteiger partial charge is 0.394 e. The first-order chi connectivity index (χ1) is 6.39. The molecule has 85 valence electrons. The van der Waals surface area contributed by atoms with Gasteiger partial charge in [0.05, 0.1) is 31.1 Å². The molecule has 6 nitrogen and oxygen atoms in total. The Kier molecular flexibility index (Phi) is 6.17. The van der Waals surface area contributed by atoms with Crippen LogP contribution in [0.1, 0.15) is 12.8 Å². The minimum atomic E-state index is -0.814. The Balaban J connectivity index is 4.17. The number of nitrogens with two attached hydrogens (primary N) is 4. The summed E-state index contributed by atoms with van der Waals surface area (Å²) < 4.78 is 5.32. The number of rotatable bonds is 7. The summed E-state index contributed by atoms with van der Waals surface area (Å²) in [6.07, 6.45) is -0.384. The first kappa shape index (κ1) is 13.8. The van der Waals surface area contributed by atoms with Crippen LogP contribution in [0.4, 0.5) is 0 Å². The Hall–Kier alpha value is -0.240. The second kappa shape index (κ2) is 6.28. The van der Waals surface area contributed by atoms with Gasteiger partial charge >= 0.3 is 0 Å². The average molecular weight is 205 g/mol. The van der Waals surface area contributed by atoms with Gasteiger partial charge < -0.3 is 32.8 Å². The molecule has 0 saturated heterocycles. The molecular weight excluding hydrogens is 184 g/mol. The van der Waals surface area contributed by atoms with Gasteiger partial charge in [-0.3, -0.25) is 0 Å². The van der Waals surface area contributed by atoms with Crippen molar-refractivity contribution >= 4 is 0 Å². The topological polar surface area (TPSA) is 134 Å². The van der Waals surface area contributed by atoms with E-state index in [1.54, 1.807) is 0 Å². The third-order valence-corrected chi connectivity index (χ3v) is 1.71. The highest BCUT2D eigenvalue weighted by Gasteiger charge is 2.28. The minimum absolute atomic E-state index is 0.0864. The van der Waals surface area contributed by atoms with Crippen molar-refractivity contribution in [3.8, 4) is 0 Å². The van der Waals surface area contributed by atoms with Crippen LogP contribution in [0.25, 0.3) is 0 Å². The molecule has 0 fully saturated rings. The Bertz CT molecular complexity index is 142. The van der Waals surface area contributed by atoms with Crippen LogP contribution in [0, 0.1) is 6.92 Å². The molecule has 0 bridgehead atoms. The van der Waals surface area contributed by atoms with Crippen molar-refractivity contribution in [3.05, 3.63) is 6.92 Å². The van der Waals surface area contributed by atoms with E-state index in [0.29, 0.717) is 12.8 Å². The van der Waals surface area contributed by atoms with Gasteiger partial charge in [-0.25, -0.2) is 0 Å². The van der Waals surface area contributed by atoms with Crippen LogP contribution in [0.3, 0.4) is 0 Å². The Morgan fingerprint density at radius 3 is 1.86 bits per heavy atom. The van der Waals surface area contributed by atoms with E-state index in [0.717, 1.165) is 0 Å². The van der Waals surface area contributed by atoms with Crippen LogP contribution >= 0.6 is 0 Å². The van der Waals surface area contributed by atoms with E-state index in [9.17, 15) is 0 Å². The Morgan fingerprint density at radius 1 is 1.14 bits per heavy atom. The molecule has 0 amide bonds. The predicted octanol–water partition coefficient (Wildman–Crippen LogP) is -2.16. The average Bonchev–Trinajstić information content (AvgIpc) is 1.97. The van der Waals surface area contributed by atoms with Gasteiger partial charge in [0.2, 0.25) is 0 Å². The molecule has 0 aromatic rings. The van der Waals surface area contributed by atoms with Crippen LogP contribution in [0.5, 0.6) is 0 Å². The third-order valence-electron chi connectivity index (χ3n) is 1.71. The zero-order valence-electron chi connectivity index (χ0n) is 8.36. The van der Waals surface area contributed by atoms with Gasteiger partial charge in [-0.1, -0.05) is 0 Å². The number of ether oxygens (including phenoxy) is 1. The van der Waals surface area contributed by atoms with Gasteiger partial charge in [-0.05, 0) is 6.92 Å². The molecule has 0 aromatic heterocycles. The number of aliphatic hydroxyl groups is 1. The van der Waals surface area contributed by atoms with Crippen molar-refractivity contribution in [1.29, 1.82) is 0 Å². The fourth-order valence-electron chi connectivity index (χ4n) is 1.32. The van der Waals surface area contributed by atoms with Crippen molar-refractivity contribution in [2.24, 2.45) is 22.9 Å². The summed E-state index contributed by atoms with van der Waals surface area (Å²) in [6.45, 7) is 3.92. The fraction of sp³-hybridized carbons (Fsp3) is 0.875. The van der Waals surface area contributed by atoms with E-state index in [1.165, 1.54) is 0 Å². The van der Waals surface area contributed by atoms with Crippen molar-refractivity contribution < 1.29 is 9.84 Å². The molecule has 0 heterocycles. The summed E-state index contributed by atoms with van der Waals surface area (Å²) in [7, 11) is 0. The van der Waals surface area contributed by atoms with Gasteiger partial charge in [-0.15, -0.1) is 0 Å². The smallest absolute Gasteiger partial charge is 0.0739 e. The fourth-order valence-corrected chi connectivity index (χ4v) is 1.32. The van der Waals surface area contributed by atoms with E-state index in [4.69, 9.17) is 32.8 Å². The third kappa shape index (κ3) is 6.25. The molecule has 0 rings (SSSR count). The van der Waals surface area contributed by atoms with Crippen LogP contribution in [0.15, 0.2) is 0 Å². The second-order valence-corrected chi connectivity index (χ2v) is 3.49. The Morgan fingerprint density at radius 2 is 1.57 bits per heavy atom. The first-order valence-corrected chi connectivity index (χ1v) is 4.52. The van der Waals surface area contributed by atoms with Crippen LogP contribution < -0.4 is 22.9 Å². The predicted molar refractivity (Wildman–Crippen MR) is 54.7 cm³/mol. The molecular formula is C8H21N4O2. The van der Waals surface area contributed by atoms with Crippen molar-refractivity contribution in [1.82, 2.24) is 0 Å². The summed E-state index contributed by atoms with van der Waals surface area (Å²) in [5.41, 5.74) is 20.9. The number of hydrogen-bond acceptors (Lipinski definition) is 6. The van der Waals surface area contributed by atoms with E-state index in [2.05, 4.69) is 6.92 Å². The van der Waals surface area contributed by atoms with E-state index in [-0.39, 0.29) is 13.2 Å². The zero-order valence-corrected chi connectivity index (χ0v) is 8.36. The zero-order chi connectivity index (χ0) is 11.2. The highest BCUT2D eigenvalue weighted by Crippen LogP contribution is 2.20. The summed E-state index contributed by atoms with van der Waals surface area (Å²) in [4.78, 5) is 0. The summed E-state index contributed by atoms with van der Waals surface area (Å²) >= 11 is 0. The monoisotopic (exact) mass is 205 g/mol. The van der Waals surface area contributed by atoms with Crippen molar-refractivity contribution in [2.45, 2.75) is 30.8 Å². The molecule has 0 unspecified atom stereocenters. The maximum Gasteiger partial charge on any atom is 0.0739 e. The van der Waals surface area contributed by atoms with Crippen LogP contribution in [-0.2, 0) is 4.74 Å². The lowest BCUT2D eigenvalue weighted by Gasteiger charge is -2.32. The highest BCUT2D eigenvalue weighted by atomic mass is 16.5. The lowest BCUT2D eigenvalue weighted by Crippen LogP contribution is -2.47. The molecule has 0 aromatic carbocycles. The van der Waals surface area contributed by atoms with Gasteiger partial charge in [-0.2, -0.15) is 0 Å². The van der Waals surface area contributed by atoms with Gasteiger partial charge in [0.1, 0.15) is 0 Å². The molecule has 0 aliphatic heterocycles. The number of hydrogen-bond donors (Lipinski definition) is 5. The molecule has 14 heavy (non-hydrogen) atoms. The molecule has 0 saturated carbocycles. The molecule has 9 N–H and O–H groups in total. The minimum Gasteiger partial charge on any atom is -0.394 e. The van der Waals surface area contributed by atoms with E-state index in [1.807, 2.05) is 0 Å². The lowest BCUT2D eigenvalue weighted by molar-refractivity contribution is -0.0441. The van der Waals surface area contributed by atoms with Gasteiger partial charge in [0.15, 0.2) is 0 Å². The second-order valence-electron chi connectivity index (χ2n) is 3.49. The molecule has 0 aliphatic rings. The molecule has 0 atom stereocenters. The normalized spacial score (nSPS) is 12.9. The van der Waals surface area contributed by atoms with E-state index >= 15 is 0 Å². The first-order valence-electron chi connectivity index (χ1n) is 4.52. The van der Waals surface area contributed by atoms with Gasteiger partial charge in [0.25, 0.3) is 0 Å². The van der Waals surface area contributed by atoms with Crippen molar-refractivity contribution in [3.63, 3.8) is 0 Å². The maximum absolute atomic E-state index is 8.62. The SMILES string of the molecule is [CH2]C(CC(N)N)(CC(N)N)OCCO. The molecule has 0 aliphatic carbocycles. The maximum atomic E-state index is 8.62. The van der Waals surface area contributed by atoms with E-state index < -0.39 is 17.9 Å². The molecule has 1 radical (unpaired) electrons. The van der Waals surface area contributed by atoms with Crippen molar-refractivity contribution in [2.75, 3.05) is 13.2 Å².